The number of carbonyl (C=O) groups is 1. The molecule has 32 heavy (non-hydrogen) atoms. The first-order chi connectivity index (χ1) is 15.4. The Kier molecular flexibility index (Phi) is 4.96. The highest BCUT2D eigenvalue weighted by Gasteiger charge is 2.36. The van der Waals surface area contributed by atoms with E-state index in [1.54, 1.807) is 33.8 Å². The number of fused-ring (bicyclic) bond motifs is 1. The Morgan fingerprint density at radius 2 is 1.69 bits per heavy atom. The third-order valence-corrected chi connectivity index (χ3v) is 5.88. The van der Waals surface area contributed by atoms with E-state index in [0.717, 1.165) is 6.07 Å². The fraction of sp³-hybridized carbons (Fsp3) is 0.261. The van der Waals surface area contributed by atoms with E-state index < -0.39 is 11.7 Å². The van der Waals surface area contributed by atoms with Crippen LogP contribution in [0, 0.1) is 0 Å². The largest absolute Gasteiger partial charge is 0.416 e. The van der Waals surface area contributed by atoms with Crippen molar-refractivity contribution in [1.82, 2.24) is 24.1 Å². The fourth-order valence-electron chi connectivity index (χ4n) is 4.27. The Bertz CT molecular complexity index is 1250. The van der Waals surface area contributed by atoms with E-state index in [4.69, 9.17) is 0 Å². The number of alkyl halides is 3. The maximum absolute atomic E-state index is 13.4. The van der Waals surface area contributed by atoms with Gasteiger partial charge < -0.3 is 9.47 Å². The lowest BCUT2D eigenvalue weighted by molar-refractivity contribution is -0.138. The van der Waals surface area contributed by atoms with Crippen LogP contribution in [0.1, 0.15) is 40.4 Å². The molecule has 0 atom stereocenters. The molecular weight excluding hydrogens is 419 g/mol. The predicted octanol–water partition coefficient (Wildman–Crippen LogP) is 4.56. The molecule has 1 amide bonds. The Labute approximate surface area is 181 Å². The average molecular weight is 439 g/mol. The molecule has 0 radical (unpaired) electrons. The monoisotopic (exact) mass is 439 g/mol. The number of imidazole rings is 1. The van der Waals surface area contributed by atoms with Crippen molar-refractivity contribution in [2.75, 3.05) is 13.1 Å². The summed E-state index contributed by atoms with van der Waals surface area (Å²) in [5.74, 6) is 0.229. The van der Waals surface area contributed by atoms with Gasteiger partial charge in [-0.1, -0.05) is 18.2 Å². The molecule has 6 nitrogen and oxygen atoms in total. The smallest absolute Gasteiger partial charge is 0.337 e. The number of hydrogen-bond donors (Lipinski definition) is 0. The van der Waals surface area contributed by atoms with E-state index in [1.807, 2.05) is 35.2 Å². The van der Waals surface area contributed by atoms with Gasteiger partial charge in [-0.25, -0.2) is 9.50 Å². The van der Waals surface area contributed by atoms with E-state index in [9.17, 15) is 18.0 Å². The molecule has 1 aliphatic rings. The number of piperidine rings is 1. The first-order valence-electron chi connectivity index (χ1n) is 10.4. The maximum atomic E-state index is 13.4. The minimum atomic E-state index is -4.38. The van der Waals surface area contributed by atoms with Crippen LogP contribution in [0.5, 0.6) is 0 Å². The molecule has 0 bridgehead atoms. The van der Waals surface area contributed by atoms with Crippen molar-refractivity contribution in [3.63, 3.8) is 0 Å². The van der Waals surface area contributed by atoms with Crippen molar-refractivity contribution in [2.24, 2.45) is 0 Å². The number of halogens is 3. The van der Waals surface area contributed by atoms with Crippen molar-refractivity contribution in [2.45, 2.75) is 24.9 Å². The highest BCUT2D eigenvalue weighted by atomic mass is 19.4. The number of nitrogens with zero attached hydrogens (tertiary/aromatic N) is 5. The van der Waals surface area contributed by atoms with Crippen LogP contribution in [0.2, 0.25) is 0 Å². The molecule has 0 unspecified atom stereocenters. The summed E-state index contributed by atoms with van der Waals surface area (Å²) < 4.78 is 43.5. The Balaban J connectivity index is 1.31. The average Bonchev–Trinajstić information content (AvgIpc) is 3.48. The van der Waals surface area contributed by atoms with Crippen LogP contribution in [-0.2, 0) is 6.18 Å². The van der Waals surface area contributed by atoms with Crippen LogP contribution in [0.15, 0.2) is 67.1 Å². The van der Waals surface area contributed by atoms with Crippen molar-refractivity contribution >= 4 is 11.6 Å². The summed E-state index contributed by atoms with van der Waals surface area (Å²) in [6.07, 6.45) is 1.91. The van der Waals surface area contributed by atoms with Gasteiger partial charge in [-0.3, -0.25) is 4.79 Å². The lowest BCUT2D eigenvalue weighted by atomic mass is 9.86. The Morgan fingerprint density at radius 1 is 0.969 bits per heavy atom. The molecule has 1 saturated heterocycles. The molecule has 5 rings (SSSR count). The summed E-state index contributed by atoms with van der Waals surface area (Å²) in [5, 5.41) is 4.49. The van der Waals surface area contributed by atoms with Crippen LogP contribution in [-0.4, -0.2) is 43.1 Å². The summed E-state index contributed by atoms with van der Waals surface area (Å²) in [4.78, 5) is 19.0. The molecule has 1 aromatic carbocycles. The molecule has 4 heterocycles. The number of benzene rings is 1. The molecule has 0 N–H and O–H groups in total. The van der Waals surface area contributed by atoms with Crippen molar-refractivity contribution in [1.29, 1.82) is 0 Å². The number of likely N-dealkylation sites (tertiary alicyclic amines) is 1. The van der Waals surface area contributed by atoms with Gasteiger partial charge in [0.05, 0.1) is 11.8 Å². The second-order valence-electron chi connectivity index (χ2n) is 7.86. The Hall–Kier alpha value is -3.62. The SMILES string of the molecule is O=C(c1cn2nc(-n3cccc3)ccc2n1)N1CCC(c2ccccc2C(F)(F)F)CC1. The van der Waals surface area contributed by atoms with Gasteiger partial charge >= 0.3 is 6.18 Å². The van der Waals surface area contributed by atoms with E-state index in [0.29, 0.717) is 43.0 Å². The molecule has 9 heteroatoms. The molecule has 164 valence electrons. The molecule has 0 saturated carbocycles. The highest BCUT2D eigenvalue weighted by molar-refractivity contribution is 5.93. The number of carbonyl (C=O) groups excluding carboxylic acids is 1. The molecular formula is C23H20F3N5O. The second-order valence-corrected chi connectivity index (χ2v) is 7.86. The highest BCUT2D eigenvalue weighted by Crippen LogP contribution is 2.38. The van der Waals surface area contributed by atoms with Gasteiger partial charge in [0, 0.05) is 25.5 Å². The third kappa shape index (κ3) is 3.74. The molecule has 3 aromatic heterocycles. The summed E-state index contributed by atoms with van der Waals surface area (Å²) in [7, 11) is 0. The number of aromatic nitrogens is 4. The lowest BCUT2D eigenvalue weighted by Crippen LogP contribution is -2.38. The van der Waals surface area contributed by atoms with Gasteiger partial charge in [-0.15, -0.1) is 5.10 Å². The third-order valence-electron chi connectivity index (χ3n) is 5.88. The van der Waals surface area contributed by atoms with Crippen LogP contribution in [0.25, 0.3) is 11.5 Å². The van der Waals surface area contributed by atoms with Gasteiger partial charge in [0.15, 0.2) is 11.5 Å². The van der Waals surface area contributed by atoms with Crippen molar-refractivity contribution in [3.05, 3.63) is 83.9 Å². The molecule has 0 aliphatic carbocycles. The van der Waals surface area contributed by atoms with Crippen LogP contribution < -0.4 is 0 Å². The quantitative estimate of drug-likeness (QED) is 0.470. The molecule has 4 aromatic rings. The molecule has 1 fully saturated rings. The lowest BCUT2D eigenvalue weighted by Gasteiger charge is -2.32. The summed E-state index contributed by atoms with van der Waals surface area (Å²) in [6.45, 7) is 0.761. The van der Waals surface area contributed by atoms with E-state index >= 15 is 0 Å². The van der Waals surface area contributed by atoms with E-state index in [2.05, 4.69) is 10.1 Å². The van der Waals surface area contributed by atoms with Crippen LogP contribution in [0.4, 0.5) is 13.2 Å². The topological polar surface area (TPSA) is 55.4 Å². The Morgan fingerprint density at radius 3 is 2.41 bits per heavy atom. The normalized spacial score (nSPS) is 15.4. The zero-order valence-electron chi connectivity index (χ0n) is 17.0. The van der Waals surface area contributed by atoms with E-state index in [1.165, 1.54) is 6.07 Å². The van der Waals surface area contributed by atoms with Crippen LogP contribution in [0.3, 0.4) is 0 Å². The number of amides is 1. The molecule has 1 aliphatic heterocycles. The minimum Gasteiger partial charge on any atom is -0.337 e. The molecule has 0 spiro atoms. The zero-order valence-corrected chi connectivity index (χ0v) is 17.0. The standard InChI is InChI=1S/C23H20F3N5O/c24-23(25,26)18-6-2-1-5-17(18)16-9-13-30(14-10-16)22(32)19-15-31-20(27-19)7-8-21(28-31)29-11-3-4-12-29/h1-8,11-12,15-16H,9-10,13-14H2. The van der Waals surface area contributed by atoms with Gasteiger partial charge in [-0.2, -0.15) is 13.2 Å². The van der Waals surface area contributed by atoms with Gasteiger partial charge in [-0.05, 0) is 54.7 Å². The number of hydrogen-bond acceptors (Lipinski definition) is 3. The van der Waals surface area contributed by atoms with E-state index in [-0.39, 0.29) is 17.5 Å². The first kappa shape index (κ1) is 20.3. The minimum absolute atomic E-state index is 0.233. The van der Waals surface area contributed by atoms with Crippen molar-refractivity contribution < 1.29 is 18.0 Å². The van der Waals surface area contributed by atoms with Gasteiger partial charge in [0.1, 0.15) is 5.69 Å². The second kappa shape index (κ2) is 7.81. The zero-order chi connectivity index (χ0) is 22.3. The van der Waals surface area contributed by atoms with Crippen molar-refractivity contribution in [3.8, 4) is 5.82 Å². The number of rotatable bonds is 3. The summed E-state index contributed by atoms with van der Waals surface area (Å²) in [6, 6.07) is 13.1. The fourth-order valence-corrected chi connectivity index (χ4v) is 4.27. The van der Waals surface area contributed by atoms with Gasteiger partial charge in [0.2, 0.25) is 0 Å². The maximum Gasteiger partial charge on any atom is 0.416 e. The van der Waals surface area contributed by atoms with Crippen LogP contribution >= 0.6 is 0 Å². The van der Waals surface area contributed by atoms with Gasteiger partial charge in [0.25, 0.3) is 5.91 Å². The first-order valence-corrected chi connectivity index (χ1v) is 10.4. The predicted molar refractivity (Wildman–Crippen MR) is 112 cm³/mol. The summed E-state index contributed by atoms with van der Waals surface area (Å²) in [5.41, 5.74) is 0.547. The summed E-state index contributed by atoms with van der Waals surface area (Å²) >= 11 is 0.